The molecule has 1 aliphatic rings. The molecule has 1 aromatic carbocycles. The Morgan fingerprint density at radius 3 is 2.46 bits per heavy atom. The number of halogens is 1. The third-order valence-corrected chi connectivity index (χ3v) is 6.58. The van der Waals surface area contributed by atoms with Crippen LogP contribution in [0.15, 0.2) is 24.4 Å². The third kappa shape index (κ3) is 6.18. The van der Waals surface area contributed by atoms with E-state index in [0.29, 0.717) is 22.0 Å². The van der Waals surface area contributed by atoms with Gasteiger partial charge in [-0.15, -0.1) is 0 Å². The zero-order valence-electron chi connectivity index (χ0n) is 22.2. The summed E-state index contributed by atoms with van der Waals surface area (Å²) < 4.78 is 16.9. The van der Waals surface area contributed by atoms with E-state index in [-0.39, 0.29) is 12.6 Å². The molecule has 0 aliphatic carbocycles. The van der Waals surface area contributed by atoms with E-state index >= 15 is 0 Å². The molecule has 3 rings (SSSR count). The lowest BCUT2D eigenvalue weighted by atomic mass is 9.85. The second-order valence-corrected chi connectivity index (χ2v) is 11.0. The first-order valence-corrected chi connectivity index (χ1v) is 12.5. The van der Waals surface area contributed by atoms with Crippen LogP contribution in [-0.2, 0) is 14.3 Å². The number of primary amides is 1. The van der Waals surface area contributed by atoms with Crippen molar-refractivity contribution in [1.82, 2.24) is 15.2 Å². The Bertz CT molecular complexity index is 1180. The van der Waals surface area contributed by atoms with E-state index in [1.165, 1.54) is 4.90 Å². The molecule has 10 nitrogen and oxygen atoms in total. The van der Waals surface area contributed by atoms with Crippen LogP contribution < -0.4 is 20.5 Å². The van der Waals surface area contributed by atoms with E-state index in [1.807, 2.05) is 20.8 Å². The number of hydrogen-bond acceptors (Lipinski definition) is 7. The van der Waals surface area contributed by atoms with Crippen molar-refractivity contribution >= 4 is 40.3 Å². The maximum Gasteiger partial charge on any atom is 0.408 e. The minimum atomic E-state index is -0.967. The summed E-state index contributed by atoms with van der Waals surface area (Å²) in [5.74, 6) is -0.732. The molecule has 0 radical (unpaired) electrons. The second kappa shape index (κ2) is 11.0. The van der Waals surface area contributed by atoms with Crippen molar-refractivity contribution in [3.05, 3.63) is 29.4 Å². The number of alkyl carbamates (subject to hydrolysis) is 1. The summed E-state index contributed by atoms with van der Waals surface area (Å²) in [6.07, 6.45) is -0.143. The van der Waals surface area contributed by atoms with Gasteiger partial charge in [-0.25, -0.2) is 9.78 Å². The molecule has 1 aromatic heterocycles. The maximum absolute atomic E-state index is 13.8. The maximum atomic E-state index is 13.8. The highest BCUT2D eigenvalue weighted by Gasteiger charge is 2.49. The van der Waals surface area contributed by atoms with Gasteiger partial charge in [-0.3, -0.25) is 9.59 Å². The molecular formula is C26H35ClN4O6. The van der Waals surface area contributed by atoms with E-state index in [9.17, 15) is 14.4 Å². The van der Waals surface area contributed by atoms with Gasteiger partial charge in [0.1, 0.15) is 23.9 Å². The third-order valence-electron chi connectivity index (χ3n) is 6.35. The van der Waals surface area contributed by atoms with Crippen molar-refractivity contribution in [2.75, 3.05) is 13.7 Å². The zero-order valence-corrected chi connectivity index (χ0v) is 23.0. The van der Waals surface area contributed by atoms with Crippen molar-refractivity contribution in [2.24, 2.45) is 17.1 Å². The van der Waals surface area contributed by atoms with Crippen molar-refractivity contribution in [3.63, 3.8) is 0 Å². The number of benzene rings is 1. The fraction of sp³-hybridized carbons (Fsp3) is 0.538. The van der Waals surface area contributed by atoms with E-state index in [0.717, 1.165) is 5.39 Å². The van der Waals surface area contributed by atoms with Gasteiger partial charge in [0, 0.05) is 21.7 Å². The Morgan fingerprint density at radius 1 is 1.22 bits per heavy atom. The number of carbonyl (C=O) groups excluding carboxylic acids is 3. The van der Waals surface area contributed by atoms with Crippen LogP contribution in [0.1, 0.15) is 41.5 Å². The first kappa shape index (κ1) is 28.3. The Kier molecular flexibility index (Phi) is 8.42. The topological polar surface area (TPSA) is 133 Å². The average molecular weight is 535 g/mol. The fourth-order valence-corrected chi connectivity index (χ4v) is 4.66. The highest BCUT2D eigenvalue weighted by molar-refractivity contribution is 6.31. The summed E-state index contributed by atoms with van der Waals surface area (Å²) in [6.45, 7) is 10.7. The molecule has 1 saturated heterocycles. The monoisotopic (exact) mass is 534 g/mol. The largest absolute Gasteiger partial charge is 0.494 e. The van der Waals surface area contributed by atoms with Crippen molar-refractivity contribution in [3.8, 4) is 11.6 Å². The van der Waals surface area contributed by atoms with Gasteiger partial charge in [0.25, 0.3) is 0 Å². The van der Waals surface area contributed by atoms with Crippen LogP contribution in [0.2, 0.25) is 5.02 Å². The first-order valence-electron chi connectivity index (χ1n) is 12.1. The predicted molar refractivity (Wildman–Crippen MR) is 140 cm³/mol. The standard InChI is InChI=1S/C26H35ClN4O6/c1-13(2)36-25(34)30-21(26(4,5)6)24(33)31-12-19(14(3)20(31)22(28)32)37-23-17-10-15(27)8-9-16(17)18(35-7)11-29-23/h8-11,13-14,19-21H,12H2,1-7H3,(H2,28,32)(H,30,34). The average Bonchev–Trinajstić information content (AvgIpc) is 3.12. The van der Waals surface area contributed by atoms with E-state index in [1.54, 1.807) is 52.3 Å². The Hall–Kier alpha value is -3.27. The van der Waals surface area contributed by atoms with Crippen LogP contribution in [0, 0.1) is 11.3 Å². The summed E-state index contributed by atoms with van der Waals surface area (Å²) in [5.41, 5.74) is 5.07. The molecule has 1 aliphatic heterocycles. The number of amides is 3. The SMILES string of the molecule is COc1cnc(OC2CN(C(=O)C(NC(=O)OC(C)C)C(C)(C)C)C(C(N)=O)C2C)c2cc(Cl)ccc12. The zero-order chi connectivity index (χ0) is 27.7. The summed E-state index contributed by atoms with van der Waals surface area (Å²) in [4.78, 5) is 44.4. The molecule has 37 heavy (non-hydrogen) atoms. The summed E-state index contributed by atoms with van der Waals surface area (Å²) in [5, 5.41) is 4.53. The van der Waals surface area contributed by atoms with Crippen molar-refractivity contribution in [2.45, 2.75) is 65.8 Å². The molecule has 0 saturated carbocycles. The number of nitrogens with one attached hydrogen (secondary N) is 1. The Morgan fingerprint density at radius 2 is 1.89 bits per heavy atom. The normalized spacial score (nSPS) is 20.6. The molecule has 0 bridgehead atoms. The van der Waals surface area contributed by atoms with Gasteiger partial charge in [0.2, 0.25) is 17.7 Å². The van der Waals surface area contributed by atoms with Crippen LogP contribution in [0.25, 0.3) is 10.8 Å². The molecule has 3 amide bonds. The number of aromatic nitrogens is 1. The molecule has 202 valence electrons. The van der Waals surface area contributed by atoms with Gasteiger partial charge in [-0.2, -0.15) is 0 Å². The number of methoxy groups -OCH3 is 1. The van der Waals surface area contributed by atoms with E-state index in [2.05, 4.69) is 10.3 Å². The molecule has 3 N–H and O–H groups in total. The molecule has 11 heteroatoms. The van der Waals surface area contributed by atoms with Gasteiger partial charge in [0.15, 0.2) is 0 Å². The Balaban J connectivity index is 1.93. The van der Waals surface area contributed by atoms with E-state index in [4.69, 9.17) is 31.5 Å². The number of carbonyl (C=O) groups is 3. The quantitative estimate of drug-likeness (QED) is 0.555. The van der Waals surface area contributed by atoms with Crippen LogP contribution in [0.3, 0.4) is 0 Å². The first-order chi connectivity index (χ1) is 17.2. The number of pyridine rings is 1. The Labute approximate surface area is 221 Å². The lowest BCUT2D eigenvalue weighted by molar-refractivity contribution is -0.141. The molecule has 1 fully saturated rings. The van der Waals surface area contributed by atoms with Crippen molar-refractivity contribution < 1.29 is 28.6 Å². The molecule has 4 atom stereocenters. The fourth-order valence-electron chi connectivity index (χ4n) is 4.49. The number of fused-ring (bicyclic) bond motifs is 1. The molecule has 4 unspecified atom stereocenters. The number of rotatable bonds is 7. The number of ether oxygens (including phenoxy) is 3. The highest BCUT2D eigenvalue weighted by atomic mass is 35.5. The molecule has 2 aromatic rings. The lowest BCUT2D eigenvalue weighted by Crippen LogP contribution is -2.58. The minimum Gasteiger partial charge on any atom is -0.494 e. The lowest BCUT2D eigenvalue weighted by Gasteiger charge is -2.35. The van der Waals surface area contributed by atoms with Crippen LogP contribution in [0.4, 0.5) is 4.79 Å². The highest BCUT2D eigenvalue weighted by Crippen LogP contribution is 2.36. The number of hydrogen-bond donors (Lipinski definition) is 2. The van der Waals surface area contributed by atoms with Gasteiger partial charge >= 0.3 is 6.09 Å². The number of nitrogens with zero attached hydrogens (tertiary/aromatic N) is 2. The summed E-state index contributed by atoms with van der Waals surface area (Å²) in [7, 11) is 1.54. The van der Waals surface area contributed by atoms with Gasteiger partial charge in [-0.05, 0) is 37.5 Å². The molecule has 2 heterocycles. The predicted octanol–water partition coefficient (Wildman–Crippen LogP) is 3.53. The number of likely N-dealkylation sites (tertiary alicyclic amines) is 1. The van der Waals surface area contributed by atoms with Crippen molar-refractivity contribution in [1.29, 1.82) is 0 Å². The van der Waals surface area contributed by atoms with Gasteiger partial charge in [-0.1, -0.05) is 39.3 Å². The second-order valence-electron chi connectivity index (χ2n) is 10.6. The van der Waals surface area contributed by atoms with Crippen LogP contribution in [0.5, 0.6) is 11.6 Å². The van der Waals surface area contributed by atoms with E-state index < -0.39 is 47.4 Å². The molecule has 0 spiro atoms. The van der Waals surface area contributed by atoms with Gasteiger partial charge in [0.05, 0.1) is 26.0 Å². The smallest absolute Gasteiger partial charge is 0.408 e. The molecular weight excluding hydrogens is 500 g/mol. The summed E-state index contributed by atoms with van der Waals surface area (Å²) in [6, 6.07) is 3.35. The van der Waals surface area contributed by atoms with Gasteiger partial charge < -0.3 is 30.2 Å². The summed E-state index contributed by atoms with van der Waals surface area (Å²) >= 11 is 6.23. The minimum absolute atomic E-state index is 0.0663. The van der Waals surface area contributed by atoms with Crippen LogP contribution >= 0.6 is 11.6 Å². The van der Waals surface area contributed by atoms with Crippen LogP contribution in [-0.4, -0.2) is 65.7 Å². The number of nitrogens with two attached hydrogens (primary N) is 1.